The van der Waals surface area contributed by atoms with E-state index in [1.54, 1.807) is 7.11 Å². The van der Waals surface area contributed by atoms with Crippen LogP contribution < -0.4 is 0 Å². The first-order valence-corrected chi connectivity index (χ1v) is 9.58. The molecule has 0 heterocycles. The summed E-state index contributed by atoms with van der Waals surface area (Å²) < 4.78 is 26.6. The maximum absolute atomic E-state index is 12.8. The Bertz CT molecular complexity index is 418. The summed E-state index contributed by atoms with van der Waals surface area (Å²) in [5, 5.41) is 0. The lowest BCUT2D eigenvalue weighted by Crippen LogP contribution is -2.33. The highest BCUT2D eigenvalue weighted by Crippen LogP contribution is 2.45. The normalized spacial score (nSPS) is 13.3. The summed E-state index contributed by atoms with van der Waals surface area (Å²) >= 11 is 0. The van der Waals surface area contributed by atoms with E-state index in [-0.39, 0.29) is 5.82 Å². The largest absolute Gasteiger partial charge is 0.325 e. The molecule has 23 heavy (non-hydrogen) atoms. The second-order valence-corrected chi connectivity index (χ2v) is 7.82. The van der Waals surface area contributed by atoms with Crippen molar-refractivity contribution in [2.24, 2.45) is 0 Å². The van der Waals surface area contributed by atoms with Crippen molar-refractivity contribution in [3.63, 3.8) is 0 Å². The van der Waals surface area contributed by atoms with Gasteiger partial charge in [-0.05, 0) is 64.7 Å². The number of hydrogen-bond donors (Lipinski definition) is 0. The molecule has 0 aromatic heterocycles. The van der Waals surface area contributed by atoms with Crippen molar-refractivity contribution in [3.8, 4) is 0 Å². The number of halogens is 1. The van der Waals surface area contributed by atoms with E-state index in [2.05, 4.69) is 32.4 Å². The number of aryl methyl sites for hydroxylation is 1. The van der Waals surface area contributed by atoms with Gasteiger partial charge in [0.15, 0.2) is 0 Å². The van der Waals surface area contributed by atoms with Crippen LogP contribution in [0.2, 0.25) is 0 Å². The minimum Gasteiger partial charge on any atom is -0.325 e. The molecule has 1 aromatic rings. The highest BCUT2D eigenvalue weighted by atomic mass is 31.2. The highest BCUT2D eigenvalue weighted by Gasteiger charge is 2.25. The average molecular weight is 343 g/mol. The molecule has 0 N–H and O–H groups in total. The molecule has 0 amide bonds. The van der Waals surface area contributed by atoms with Crippen molar-refractivity contribution in [2.45, 2.75) is 65.5 Å². The topological polar surface area (TPSA) is 21.7 Å². The molecule has 1 aromatic carbocycles. The van der Waals surface area contributed by atoms with Gasteiger partial charge in [0.1, 0.15) is 5.82 Å². The third kappa shape index (κ3) is 7.71. The van der Waals surface area contributed by atoms with Gasteiger partial charge in [0.05, 0.1) is 6.61 Å². The monoisotopic (exact) mass is 343 g/mol. The number of unbranched alkanes of at least 4 members (excludes halogenated alkanes) is 2. The molecule has 0 fully saturated rings. The molecule has 0 radical (unpaired) electrons. The van der Waals surface area contributed by atoms with Gasteiger partial charge in [-0.2, -0.15) is 0 Å². The maximum Gasteiger partial charge on any atom is 0.258 e. The van der Waals surface area contributed by atoms with Crippen LogP contribution in [0, 0.1) is 5.82 Å². The van der Waals surface area contributed by atoms with E-state index >= 15 is 0 Å². The van der Waals surface area contributed by atoms with Crippen LogP contribution in [-0.4, -0.2) is 30.5 Å². The van der Waals surface area contributed by atoms with Crippen LogP contribution in [0.4, 0.5) is 4.39 Å². The lowest BCUT2D eigenvalue weighted by molar-refractivity contribution is 0.192. The van der Waals surface area contributed by atoms with Crippen LogP contribution in [0.5, 0.6) is 0 Å². The zero-order valence-corrected chi connectivity index (χ0v) is 16.0. The molecular formula is C18H31FNO2P. The molecule has 0 saturated carbocycles. The molecule has 1 atom stereocenters. The fourth-order valence-corrected chi connectivity index (χ4v) is 4.06. The van der Waals surface area contributed by atoms with E-state index in [4.69, 9.17) is 9.05 Å². The Kier molecular flexibility index (Phi) is 9.89. The van der Waals surface area contributed by atoms with Crippen LogP contribution in [0.25, 0.3) is 0 Å². The lowest BCUT2D eigenvalue weighted by atomic mass is 10.1. The SMILES string of the molecule is COP(OCCCCCc1ccc(F)cc1)N(C(C)C)C(C)C. The second kappa shape index (κ2) is 11.1. The number of rotatable bonds is 11. The Hall–Kier alpha value is -0.540. The van der Waals surface area contributed by atoms with Crippen LogP contribution in [-0.2, 0) is 15.5 Å². The molecule has 0 bridgehead atoms. The van der Waals surface area contributed by atoms with Crippen LogP contribution in [0.3, 0.4) is 0 Å². The summed E-state index contributed by atoms with van der Waals surface area (Å²) in [6, 6.07) is 7.57. The summed E-state index contributed by atoms with van der Waals surface area (Å²) in [5.74, 6) is -0.171. The Morgan fingerprint density at radius 3 is 2.13 bits per heavy atom. The molecule has 3 nitrogen and oxygen atoms in total. The predicted molar refractivity (Wildman–Crippen MR) is 95.9 cm³/mol. The van der Waals surface area contributed by atoms with E-state index in [1.807, 2.05) is 12.1 Å². The Balaban J connectivity index is 2.23. The minimum absolute atomic E-state index is 0.171. The van der Waals surface area contributed by atoms with Crippen molar-refractivity contribution in [1.29, 1.82) is 0 Å². The zero-order valence-electron chi connectivity index (χ0n) is 15.1. The van der Waals surface area contributed by atoms with E-state index in [9.17, 15) is 4.39 Å². The van der Waals surface area contributed by atoms with Gasteiger partial charge in [-0.3, -0.25) is 0 Å². The maximum atomic E-state index is 12.8. The van der Waals surface area contributed by atoms with Crippen molar-refractivity contribution in [2.75, 3.05) is 13.7 Å². The molecule has 5 heteroatoms. The van der Waals surface area contributed by atoms with E-state index in [1.165, 1.54) is 17.7 Å². The minimum atomic E-state index is -0.977. The Labute approximate surface area is 142 Å². The Morgan fingerprint density at radius 2 is 1.61 bits per heavy atom. The van der Waals surface area contributed by atoms with Gasteiger partial charge >= 0.3 is 0 Å². The zero-order chi connectivity index (χ0) is 17.2. The van der Waals surface area contributed by atoms with Crippen LogP contribution in [0.15, 0.2) is 24.3 Å². The smallest absolute Gasteiger partial charge is 0.258 e. The van der Waals surface area contributed by atoms with Crippen LogP contribution in [0.1, 0.15) is 52.5 Å². The van der Waals surface area contributed by atoms with Gasteiger partial charge < -0.3 is 9.05 Å². The number of nitrogens with zero attached hydrogens (tertiary/aromatic N) is 1. The molecule has 1 unspecified atom stereocenters. The predicted octanol–water partition coefficient (Wildman–Crippen LogP) is 5.55. The van der Waals surface area contributed by atoms with Gasteiger partial charge in [0, 0.05) is 19.2 Å². The van der Waals surface area contributed by atoms with Crippen LogP contribution >= 0.6 is 8.53 Å². The molecule has 132 valence electrons. The summed E-state index contributed by atoms with van der Waals surface area (Å²) in [4.78, 5) is 0. The number of hydrogen-bond acceptors (Lipinski definition) is 3. The van der Waals surface area contributed by atoms with Gasteiger partial charge in [-0.15, -0.1) is 0 Å². The van der Waals surface area contributed by atoms with Crippen molar-refractivity contribution >= 4 is 8.53 Å². The lowest BCUT2D eigenvalue weighted by Gasteiger charge is -2.34. The summed E-state index contributed by atoms with van der Waals surface area (Å²) in [7, 11) is 0.743. The standard InChI is InChI=1S/C18H31FNO2P/c1-15(2)20(16(3)4)23(21-5)22-14-8-6-7-9-17-10-12-18(19)13-11-17/h10-13,15-16H,6-9,14H2,1-5H3. The first-order valence-electron chi connectivity index (χ1n) is 8.45. The molecule has 0 aliphatic rings. The molecule has 0 aliphatic carbocycles. The highest BCUT2D eigenvalue weighted by molar-refractivity contribution is 7.44. The summed E-state index contributed by atoms with van der Waals surface area (Å²) in [6.45, 7) is 9.39. The number of benzene rings is 1. The third-order valence-corrected chi connectivity index (χ3v) is 5.64. The fraction of sp³-hybridized carbons (Fsp3) is 0.667. The first-order chi connectivity index (χ1) is 11.0. The average Bonchev–Trinajstić information content (AvgIpc) is 2.50. The van der Waals surface area contributed by atoms with Crippen molar-refractivity contribution in [1.82, 2.24) is 4.67 Å². The summed E-state index contributed by atoms with van der Waals surface area (Å²) in [6.07, 6.45) is 4.21. The van der Waals surface area contributed by atoms with Crippen molar-refractivity contribution in [3.05, 3.63) is 35.6 Å². The quantitative estimate of drug-likeness (QED) is 0.388. The van der Waals surface area contributed by atoms with Gasteiger partial charge in [0.2, 0.25) is 0 Å². The van der Waals surface area contributed by atoms with Gasteiger partial charge in [-0.1, -0.05) is 18.6 Å². The van der Waals surface area contributed by atoms with E-state index in [0.717, 1.165) is 32.3 Å². The van der Waals surface area contributed by atoms with Gasteiger partial charge in [-0.25, -0.2) is 9.06 Å². The van der Waals surface area contributed by atoms with Gasteiger partial charge in [0.25, 0.3) is 8.53 Å². The van der Waals surface area contributed by atoms with E-state index in [0.29, 0.717) is 12.1 Å². The summed E-state index contributed by atoms with van der Waals surface area (Å²) in [5.41, 5.74) is 1.19. The Morgan fingerprint density at radius 1 is 1.00 bits per heavy atom. The third-order valence-electron chi connectivity index (χ3n) is 3.63. The molecule has 0 aliphatic heterocycles. The molecule has 0 saturated heterocycles. The molecular weight excluding hydrogens is 312 g/mol. The molecule has 1 rings (SSSR count). The van der Waals surface area contributed by atoms with Crippen molar-refractivity contribution < 1.29 is 13.4 Å². The molecule has 0 spiro atoms. The first kappa shape index (κ1) is 20.5. The second-order valence-electron chi connectivity index (χ2n) is 6.26. The van der Waals surface area contributed by atoms with E-state index < -0.39 is 8.53 Å². The fourth-order valence-electron chi connectivity index (χ4n) is 2.59.